The molecule has 0 atom stereocenters. The zero-order valence-corrected chi connectivity index (χ0v) is 12.1. The van der Waals surface area contributed by atoms with Gasteiger partial charge in [-0.05, 0) is 19.3 Å². The normalized spacial score (nSPS) is 11.6. The second kappa shape index (κ2) is 6.40. The number of aryl methyl sites for hydroxylation is 2. The Kier molecular flexibility index (Phi) is 4.59. The van der Waals surface area contributed by atoms with Crippen LogP contribution >= 0.6 is 0 Å². The molecule has 2 rings (SSSR count). The standard InChI is InChI=1S/C13H19N5O3/c1-16-9-14-11-10(16)12(19)18(13(20)17(11)2)8-6-4-3-5-7-15-21/h5,7,9,15,21H,3-4,6,8H2,1-2H3/b7-5+. The Hall–Kier alpha value is -2.35. The van der Waals surface area contributed by atoms with Crippen molar-refractivity contribution < 1.29 is 5.21 Å². The number of unbranched alkanes of at least 4 members (excludes halogenated alkanes) is 2. The van der Waals surface area contributed by atoms with E-state index < -0.39 is 0 Å². The summed E-state index contributed by atoms with van der Waals surface area (Å²) in [5, 5.41) is 8.38. The Morgan fingerprint density at radius 1 is 1.33 bits per heavy atom. The smallest absolute Gasteiger partial charge is 0.328 e. The van der Waals surface area contributed by atoms with Crippen molar-refractivity contribution in [3.8, 4) is 0 Å². The van der Waals surface area contributed by atoms with E-state index in [4.69, 9.17) is 5.21 Å². The molecule has 0 aliphatic rings. The highest BCUT2D eigenvalue weighted by Crippen LogP contribution is 2.04. The van der Waals surface area contributed by atoms with Crippen molar-refractivity contribution in [1.82, 2.24) is 24.2 Å². The number of allylic oxidation sites excluding steroid dienone is 1. The number of nitrogens with one attached hydrogen (secondary N) is 1. The number of rotatable bonds is 6. The molecule has 21 heavy (non-hydrogen) atoms. The average Bonchev–Trinajstić information content (AvgIpc) is 2.85. The number of nitrogens with zero attached hydrogens (tertiary/aromatic N) is 4. The molecule has 0 saturated carbocycles. The molecule has 2 N–H and O–H groups in total. The third kappa shape index (κ3) is 2.89. The first-order chi connectivity index (χ1) is 10.1. The van der Waals surface area contributed by atoms with Crippen LogP contribution in [-0.4, -0.2) is 23.9 Å². The lowest BCUT2D eigenvalue weighted by Crippen LogP contribution is -2.39. The molecule has 0 radical (unpaired) electrons. The van der Waals surface area contributed by atoms with E-state index >= 15 is 0 Å². The van der Waals surface area contributed by atoms with Crippen LogP contribution in [0.2, 0.25) is 0 Å². The van der Waals surface area contributed by atoms with Gasteiger partial charge in [0.1, 0.15) is 0 Å². The van der Waals surface area contributed by atoms with E-state index in [1.807, 2.05) is 5.48 Å². The predicted molar refractivity (Wildman–Crippen MR) is 78.1 cm³/mol. The van der Waals surface area contributed by atoms with Crippen LogP contribution in [0.3, 0.4) is 0 Å². The molecular formula is C13H19N5O3. The van der Waals surface area contributed by atoms with Crippen LogP contribution in [0.4, 0.5) is 0 Å². The van der Waals surface area contributed by atoms with Crippen molar-refractivity contribution >= 4 is 11.2 Å². The highest BCUT2D eigenvalue weighted by molar-refractivity contribution is 5.69. The fourth-order valence-corrected chi connectivity index (χ4v) is 2.26. The third-order valence-electron chi connectivity index (χ3n) is 3.40. The number of hydrogen-bond donors (Lipinski definition) is 2. The molecule has 0 aliphatic heterocycles. The lowest BCUT2D eigenvalue weighted by atomic mass is 10.2. The van der Waals surface area contributed by atoms with E-state index in [9.17, 15) is 9.59 Å². The van der Waals surface area contributed by atoms with Crippen LogP contribution < -0.4 is 16.7 Å². The number of hydrogen-bond acceptors (Lipinski definition) is 5. The highest BCUT2D eigenvalue weighted by Gasteiger charge is 2.14. The van der Waals surface area contributed by atoms with Gasteiger partial charge in [0, 0.05) is 26.8 Å². The fourth-order valence-electron chi connectivity index (χ4n) is 2.26. The molecule has 0 bridgehead atoms. The molecule has 8 nitrogen and oxygen atoms in total. The van der Waals surface area contributed by atoms with Crippen LogP contribution in [0.1, 0.15) is 19.3 Å². The monoisotopic (exact) mass is 293 g/mol. The molecule has 2 aromatic heterocycles. The minimum Gasteiger partial charge on any atom is -0.328 e. The lowest BCUT2D eigenvalue weighted by molar-refractivity contribution is 0.214. The fraction of sp³-hybridized carbons (Fsp3) is 0.462. The van der Waals surface area contributed by atoms with E-state index in [1.165, 1.54) is 21.7 Å². The van der Waals surface area contributed by atoms with Gasteiger partial charge in [0.25, 0.3) is 5.56 Å². The maximum Gasteiger partial charge on any atom is 0.332 e. The second-order valence-corrected chi connectivity index (χ2v) is 4.85. The Balaban J connectivity index is 2.24. The van der Waals surface area contributed by atoms with Crippen LogP contribution in [0.25, 0.3) is 11.2 Å². The van der Waals surface area contributed by atoms with Crippen molar-refractivity contribution in [2.24, 2.45) is 14.1 Å². The van der Waals surface area contributed by atoms with Gasteiger partial charge in [-0.3, -0.25) is 24.6 Å². The Morgan fingerprint density at radius 3 is 2.81 bits per heavy atom. The van der Waals surface area contributed by atoms with Gasteiger partial charge in [0.15, 0.2) is 11.2 Å². The summed E-state index contributed by atoms with van der Waals surface area (Å²) in [6.07, 6.45) is 7.03. The molecule has 8 heteroatoms. The summed E-state index contributed by atoms with van der Waals surface area (Å²) >= 11 is 0. The summed E-state index contributed by atoms with van der Waals surface area (Å²) < 4.78 is 4.27. The van der Waals surface area contributed by atoms with Crippen LogP contribution in [0, 0.1) is 0 Å². The number of imidazole rings is 1. The minimum atomic E-state index is -0.348. The average molecular weight is 293 g/mol. The maximum atomic E-state index is 12.4. The van der Waals surface area contributed by atoms with Gasteiger partial charge in [0.2, 0.25) is 0 Å². The first-order valence-corrected chi connectivity index (χ1v) is 6.73. The molecule has 0 aromatic carbocycles. The van der Waals surface area contributed by atoms with Crippen molar-refractivity contribution in [3.63, 3.8) is 0 Å². The SMILES string of the molecule is Cn1cnc2c1c(=O)n(CCCC/C=C/NO)c(=O)n2C. The molecule has 0 saturated heterocycles. The summed E-state index contributed by atoms with van der Waals surface area (Å²) in [5.74, 6) is 0. The summed E-state index contributed by atoms with van der Waals surface area (Å²) in [5.41, 5.74) is 2.11. The summed E-state index contributed by atoms with van der Waals surface area (Å²) in [6, 6.07) is 0. The van der Waals surface area contributed by atoms with Crippen molar-refractivity contribution in [2.75, 3.05) is 0 Å². The summed E-state index contributed by atoms with van der Waals surface area (Å²) in [6.45, 7) is 0.368. The summed E-state index contributed by atoms with van der Waals surface area (Å²) in [4.78, 5) is 28.7. The van der Waals surface area contributed by atoms with Gasteiger partial charge in [0.05, 0.1) is 6.33 Å². The van der Waals surface area contributed by atoms with E-state index in [0.717, 1.165) is 12.8 Å². The number of fused-ring (bicyclic) bond motifs is 1. The first-order valence-electron chi connectivity index (χ1n) is 6.73. The molecule has 114 valence electrons. The van der Waals surface area contributed by atoms with Gasteiger partial charge in [-0.25, -0.2) is 9.78 Å². The molecule has 2 aromatic rings. The second-order valence-electron chi connectivity index (χ2n) is 4.85. The predicted octanol–water partition coefficient (Wildman–Crippen LogP) is 0.0965. The van der Waals surface area contributed by atoms with Gasteiger partial charge >= 0.3 is 5.69 Å². The third-order valence-corrected chi connectivity index (χ3v) is 3.40. The van der Waals surface area contributed by atoms with Crippen molar-refractivity contribution in [1.29, 1.82) is 0 Å². The highest BCUT2D eigenvalue weighted by atomic mass is 16.5. The largest absolute Gasteiger partial charge is 0.332 e. The van der Waals surface area contributed by atoms with Crippen molar-refractivity contribution in [2.45, 2.75) is 25.8 Å². The van der Waals surface area contributed by atoms with Gasteiger partial charge in [-0.1, -0.05) is 6.08 Å². The van der Waals surface area contributed by atoms with Crippen LogP contribution in [0.15, 0.2) is 28.2 Å². The number of aromatic nitrogens is 4. The van der Waals surface area contributed by atoms with Crippen LogP contribution in [0.5, 0.6) is 0 Å². The van der Waals surface area contributed by atoms with Gasteiger partial charge in [-0.15, -0.1) is 0 Å². The summed E-state index contributed by atoms with van der Waals surface area (Å²) in [7, 11) is 3.35. The topological polar surface area (TPSA) is 94.1 Å². The molecule has 0 aliphatic carbocycles. The Morgan fingerprint density at radius 2 is 2.10 bits per heavy atom. The quantitative estimate of drug-likeness (QED) is 0.582. The molecule has 0 amide bonds. The van der Waals surface area contributed by atoms with E-state index in [1.54, 1.807) is 24.7 Å². The minimum absolute atomic E-state index is 0.305. The first kappa shape index (κ1) is 15.0. The Labute approximate surface area is 120 Å². The zero-order valence-electron chi connectivity index (χ0n) is 12.1. The molecule has 0 unspecified atom stereocenters. The maximum absolute atomic E-state index is 12.4. The zero-order chi connectivity index (χ0) is 15.4. The van der Waals surface area contributed by atoms with Crippen molar-refractivity contribution in [3.05, 3.63) is 39.4 Å². The molecular weight excluding hydrogens is 274 g/mol. The molecule has 0 fully saturated rings. The van der Waals surface area contributed by atoms with E-state index in [0.29, 0.717) is 24.1 Å². The lowest BCUT2D eigenvalue weighted by Gasteiger charge is -2.08. The molecule has 2 heterocycles. The van der Waals surface area contributed by atoms with Gasteiger partial charge < -0.3 is 4.57 Å². The molecule has 0 spiro atoms. The van der Waals surface area contributed by atoms with Gasteiger partial charge in [-0.2, -0.15) is 0 Å². The Bertz CT molecular complexity index is 768. The van der Waals surface area contributed by atoms with E-state index in [2.05, 4.69) is 4.98 Å². The van der Waals surface area contributed by atoms with Crippen LogP contribution in [-0.2, 0) is 20.6 Å². The number of hydroxylamine groups is 1. The van der Waals surface area contributed by atoms with E-state index in [-0.39, 0.29) is 11.2 Å².